The summed E-state index contributed by atoms with van der Waals surface area (Å²) in [5.41, 5.74) is -9.24. The van der Waals surface area contributed by atoms with Gasteiger partial charge in [0.1, 0.15) is 108 Å². The molecule has 550 valence electrons. The highest BCUT2D eigenvalue weighted by Gasteiger charge is 2.75. The fourth-order valence-electron chi connectivity index (χ4n) is 18.8. The Balaban J connectivity index is 0.872. The molecule has 6 saturated heterocycles. The first-order chi connectivity index (χ1) is 44.9. The number of allylic oxidation sites excluding steroid dienone is 1. The SMILES string of the molecule is CC(=O)NC1C(OC2CCC3(C)C(CCC4(C)C3CC=C3C5CC(C)(C)CCC5(C(=O)OC5OC(CO)C(OC6OCC(O)(CO)C6O)C(O)C5OC5OCC(O)(CO)C5O)C(O)C(O)C34C)C2(C)C)OC(COC2OCC(O)C(O)C2O)C(O)C1OC1OCC(O)C(O)C1O. The van der Waals surface area contributed by atoms with Crippen LogP contribution in [0.5, 0.6) is 0 Å². The molecule has 11 rings (SSSR count). The van der Waals surface area contributed by atoms with Crippen molar-refractivity contribution < 1.29 is 153 Å². The number of hydrogen-bond donors (Lipinski definition) is 18. The zero-order chi connectivity index (χ0) is 70.1. The van der Waals surface area contributed by atoms with Crippen LogP contribution in [-0.2, 0) is 66.4 Å². The number of esters is 1. The summed E-state index contributed by atoms with van der Waals surface area (Å²) in [6.07, 6.45) is -34.5. The topological polar surface area (TPSA) is 501 Å². The molecule has 0 aromatic carbocycles. The maximum Gasteiger partial charge on any atom is 0.317 e. The van der Waals surface area contributed by atoms with E-state index in [1.54, 1.807) is 0 Å². The van der Waals surface area contributed by atoms with E-state index in [1.807, 2.05) is 20.8 Å². The van der Waals surface area contributed by atoms with Gasteiger partial charge in [0.15, 0.2) is 37.6 Å². The van der Waals surface area contributed by atoms with Gasteiger partial charge in [0.2, 0.25) is 12.2 Å². The van der Waals surface area contributed by atoms with Gasteiger partial charge in [-0.15, -0.1) is 0 Å². The number of carbonyl (C=O) groups excluding carboxylic acids is 2. The minimum atomic E-state index is -2.24. The molecule has 32 nitrogen and oxygen atoms in total. The molecule has 32 heteroatoms. The smallest absolute Gasteiger partial charge is 0.317 e. The number of hydrogen-bond acceptors (Lipinski definition) is 31. The maximum absolute atomic E-state index is 15.8. The summed E-state index contributed by atoms with van der Waals surface area (Å²) >= 11 is 0. The van der Waals surface area contributed by atoms with Crippen LogP contribution in [0.1, 0.15) is 107 Å². The van der Waals surface area contributed by atoms with Crippen molar-refractivity contribution in [2.24, 2.45) is 50.2 Å². The molecule has 11 aliphatic rings. The molecule has 18 N–H and O–H groups in total. The largest absolute Gasteiger partial charge is 0.432 e. The van der Waals surface area contributed by atoms with Crippen LogP contribution < -0.4 is 5.32 Å². The van der Waals surface area contributed by atoms with Gasteiger partial charge in [-0.1, -0.05) is 60.1 Å². The lowest BCUT2D eigenvalue weighted by atomic mass is 9.32. The van der Waals surface area contributed by atoms with Crippen molar-refractivity contribution in [2.45, 2.75) is 272 Å². The molecule has 34 unspecified atom stereocenters. The molecule has 0 aromatic heterocycles. The van der Waals surface area contributed by atoms with Crippen molar-refractivity contribution in [1.29, 1.82) is 0 Å². The van der Waals surface area contributed by atoms with E-state index in [0.717, 1.165) is 5.57 Å². The zero-order valence-electron chi connectivity index (χ0n) is 55.4. The first-order valence-corrected chi connectivity index (χ1v) is 33.6. The molecule has 5 aliphatic carbocycles. The van der Waals surface area contributed by atoms with Gasteiger partial charge in [0, 0.05) is 12.3 Å². The van der Waals surface area contributed by atoms with Gasteiger partial charge in [0.25, 0.3) is 0 Å². The van der Waals surface area contributed by atoms with Crippen molar-refractivity contribution >= 4 is 11.9 Å². The second-order valence-electron chi connectivity index (χ2n) is 31.3. The zero-order valence-corrected chi connectivity index (χ0v) is 55.4. The third-order valence-electron chi connectivity index (χ3n) is 24.8. The van der Waals surface area contributed by atoms with E-state index in [4.69, 9.17) is 56.8 Å². The first kappa shape index (κ1) is 74.7. The average molecular weight is 1380 g/mol. The minimum absolute atomic E-state index is 0.0108. The second-order valence-corrected chi connectivity index (χ2v) is 31.3. The third-order valence-corrected chi connectivity index (χ3v) is 24.8. The number of carbonyl (C=O) groups is 2. The molecule has 0 radical (unpaired) electrons. The second kappa shape index (κ2) is 27.3. The van der Waals surface area contributed by atoms with Gasteiger partial charge in [-0.2, -0.15) is 0 Å². The Hall–Kier alpha value is -2.44. The van der Waals surface area contributed by atoms with E-state index < -0.39 is 268 Å². The van der Waals surface area contributed by atoms with Crippen molar-refractivity contribution in [2.75, 3.05) is 52.9 Å². The van der Waals surface area contributed by atoms with Crippen LogP contribution in [0.3, 0.4) is 0 Å². The Morgan fingerprint density at radius 2 is 1.15 bits per heavy atom. The summed E-state index contributed by atoms with van der Waals surface area (Å²) in [4.78, 5) is 28.9. The predicted molar refractivity (Wildman–Crippen MR) is 318 cm³/mol. The maximum atomic E-state index is 15.8. The molecular formula is C64H103NO31. The van der Waals surface area contributed by atoms with Crippen LogP contribution in [0.4, 0.5) is 0 Å². The van der Waals surface area contributed by atoms with Gasteiger partial charge < -0.3 is 149 Å². The van der Waals surface area contributed by atoms with Crippen LogP contribution >= 0.6 is 0 Å². The number of aliphatic hydroxyl groups is 17. The summed E-state index contributed by atoms with van der Waals surface area (Å²) in [6.45, 7) is 10.3. The molecule has 0 aromatic rings. The molecule has 6 heterocycles. The molecule has 34 atom stereocenters. The van der Waals surface area contributed by atoms with Crippen LogP contribution in [-0.4, -0.2) is 316 Å². The number of aliphatic hydroxyl groups excluding tert-OH is 15. The summed E-state index contributed by atoms with van der Waals surface area (Å²) in [5, 5.41) is 191. The number of rotatable bonds is 17. The number of fused-ring (bicyclic) bond motifs is 7. The van der Waals surface area contributed by atoms with Crippen molar-refractivity contribution in [1.82, 2.24) is 5.32 Å². The lowest BCUT2D eigenvalue weighted by Crippen LogP contribution is -2.73. The van der Waals surface area contributed by atoms with Crippen molar-refractivity contribution in [3.8, 4) is 0 Å². The van der Waals surface area contributed by atoms with Crippen LogP contribution in [0.25, 0.3) is 0 Å². The van der Waals surface area contributed by atoms with E-state index >= 15 is 4.79 Å². The summed E-state index contributed by atoms with van der Waals surface area (Å²) < 4.78 is 72.3. The fraction of sp³-hybridized carbons (Fsp3) is 0.938. The molecule has 0 bridgehead atoms. The predicted octanol–water partition coefficient (Wildman–Crippen LogP) is -5.74. The van der Waals surface area contributed by atoms with Crippen LogP contribution in [0.15, 0.2) is 11.6 Å². The normalized spacial score (nSPS) is 53.0. The van der Waals surface area contributed by atoms with Gasteiger partial charge in [-0.3, -0.25) is 9.59 Å². The Bertz CT molecular complexity index is 2790. The minimum Gasteiger partial charge on any atom is -0.432 e. The van der Waals surface area contributed by atoms with Gasteiger partial charge in [0.05, 0.1) is 71.2 Å². The van der Waals surface area contributed by atoms with Crippen LogP contribution in [0.2, 0.25) is 0 Å². The quantitative estimate of drug-likeness (QED) is 0.0367. The Labute approximate surface area is 555 Å². The lowest BCUT2D eigenvalue weighted by Gasteiger charge is -2.72. The molecule has 96 heavy (non-hydrogen) atoms. The molecule has 4 saturated carbocycles. The first-order valence-electron chi connectivity index (χ1n) is 33.6. The Morgan fingerprint density at radius 1 is 0.573 bits per heavy atom. The van der Waals surface area contributed by atoms with Gasteiger partial charge in [-0.05, 0) is 90.8 Å². The monoisotopic (exact) mass is 1380 g/mol. The van der Waals surface area contributed by atoms with E-state index in [2.05, 4.69) is 39.1 Å². The fourth-order valence-corrected chi connectivity index (χ4v) is 18.8. The van der Waals surface area contributed by atoms with E-state index in [-0.39, 0.29) is 18.3 Å². The van der Waals surface area contributed by atoms with Gasteiger partial charge >= 0.3 is 5.97 Å². The Morgan fingerprint density at radius 3 is 1.73 bits per heavy atom. The highest BCUT2D eigenvalue weighted by molar-refractivity contribution is 5.80. The van der Waals surface area contributed by atoms with Crippen molar-refractivity contribution in [3.05, 3.63) is 11.6 Å². The standard InChI is InChI=1S/C64H103NO31/c1-26(69)65-36-44(94-52-41(76)38(73)30(71)20-86-52)39(74)32(21-87-51-40(75)37(72)29(70)19-85-51)91-50(36)92-35-12-13-59(6)33(58(35,4)5)11-14-60(7)34(59)10-9-27-28-17-57(2,3)15-16-64(28,47(79)46(78)61(27,60)8)56(82)96-53-45(95-55-49(81)63(84,23-68)25-89-55)42(77)43(31(18-66)90-53)93-54-48(80)62(83,22-67)24-88-54/h9,28-55,66-68,70-81,83-84H,10-25H2,1-8H3,(H,65,69). The molecule has 10 fully saturated rings. The van der Waals surface area contributed by atoms with E-state index in [0.29, 0.717) is 44.9 Å². The molecule has 6 aliphatic heterocycles. The van der Waals surface area contributed by atoms with E-state index in [1.165, 1.54) is 6.92 Å². The summed E-state index contributed by atoms with van der Waals surface area (Å²) in [7, 11) is 0. The average Bonchev–Trinajstić information content (AvgIpc) is 0.986. The van der Waals surface area contributed by atoms with Crippen molar-refractivity contribution in [3.63, 3.8) is 0 Å². The van der Waals surface area contributed by atoms with Gasteiger partial charge in [-0.25, -0.2) is 0 Å². The molecule has 0 spiro atoms. The summed E-state index contributed by atoms with van der Waals surface area (Å²) in [5.74, 6) is -2.75. The molecular weight excluding hydrogens is 1280 g/mol. The van der Waals surface area contributed by atoms with E-state index in [9.17, 15) is 91.6 Å². The highest BCUT2D eigenvalue weighted by atomic mass is 16.8. The summed E-state index contributed by atoms with van der Waals surface area (Å²) in [6, 6.07) is -1.33. The number of ether oxygens (including phenoxy) is 12. The lowest BCUT2D eigenvalue weighted by molar-refractivity contribution is -0.351. The molecule has 1 amide bonds. The highest BCUT2D eigenvalue weighted by Crippen LogP contribution is 2.76. The number of nitrogens with one attached hydrogen (secondary N) is 1. The third kappa shape index (κ3) is 12.4. The van der Waals surface area contributed by atoms with Crippen LogP contribution in [0, 0.1) is 50.2 Å². The number of amides is 1. The Kier molecular flexibility index (Phi) is 21.3.